The number of ether oxygens (including phenoxy) is 7. The minimum atomic E-state index is -2.14. The van der Waals surface area contributed by atoms with Crippen LogP contribution in [0, 0.1) is 38.2 Å². The number of amides is 1. The lowest BCUT2D eigenvalue weighted by Gasteiger charge is -2.68. The van der Waals surface area contributed by atoms with E-state index in [-0.39, 0.29) is 29.9 Å². The Balaban J connectivity index is 1.25. The SMILES string of the molecule is CC1=C2[C@@H](C)C(=O)[C@@]3(C)C(C(OC(=O)c4ccccc4)[C@](O)(C[C@@H]1OC(=O)[C@H](OC(=O)OC/C=C\COC(=O)OC(C)O[N+](=O)[O-])[C@@H](NC(=O)c1ccccc1)c1ccccc1)C2(C)C)[C@]1(C)CO[C@@H]1C[C@@H]3O. The van der Waals surface area contributed by atoms with Gasteiger partial charge in [0, 0.05) is 41.1 Å². The summed E-state index contributed by atoms with van der Waals surface area (Å²) in [5.74, 6) is -5.04. The van der Waals surface area contributed by atoms with Gasteiger partial charge in [0.15, 0.2) is 0 Å². The van der Waals surface area contributed by atoms with Crippen molar-refractivity contribution in [2.45, 2.75) is 110 Å². The molecule has 2 saturated carbocycles. The molecule has 1 amide bonds. The molecule has 3 N–H and O–H groups in total. The third-order valence-corrected chi connectivity index (χ3v) is 15.1. The molecule has 3 fully saturated rings. The Morgan fingerprint density at radius 2 is 1.42 bits per heavy atom. The highest BCUT2D eigenvalue weighted by molar-refractivity contribution is 5.95. The molecular weight excluding hydrogens is 953 g/mol. The molecule has 1 aliphatic heterocycles. The summed E-state index contributed by atoms with van der Waals surface area (Å²) >= 11 is 0. The van der Waals surface area contributed by atoms with Crippen molar-refractivity contribution in [3.05, 3.63) is 141 Å². The highest BCUT2D eigenvalue weighted by Gasteiger charge is 2.75. The number of aliphatic hydroxyl groups is 2. The first-order chi connectivity index (χ1) is 34.5. The maximum Gasteiger partial charge on any atom is 0.510 e. The first kappa shape index (κ1) is 53.6. The lowest BCUT2D eigenvalue weighted by molar-refractivity contribution is -0.777. The molecule has 4 aliphatic rings. The number of hydrogen-bond donors (Lipinski definition) is 3. The fourth-order valence-electron chi connectivity index (χ4n) is 11.4. The van der Waals surface area contributed by atoms with Crippen molar-refractivity contribution in [3.8, 4) is 0 Å². The number of rotatable bonds is 16. The maximum atomic E-state index is 15.4. The summed E-state index contributed by atoms with van der Waals surface area (Å²) in [5, 5.41) is 37.9. The van der Waals surface area contributed by atoms with Gasteiger partial charge in [-0.05, 0) is 73.9 Å². The summed E-state index contributed by atoms with van der Waals surface area (Å²) in [6.45, 7) is 10.7. The zero-order valence-electron chi connectivity index (χ0n) is 41.4. The number of fused-ring (bicyclic) bond motifs is 5. The van der Waals surface area contributed by atoms with Crippen molar-refractivity contribution in [3.63, 3.8) is 0 Å². The summed E-state index contributed by atoms with van der Waals surface area (Å²) in [7, 11) is 0. The number of esters is 2. The third-order valence-electron chi connectivity index (χ3n) is 15.1. The number of carbonyl (C=O) groups is 6. The number of Topliss-reactive ketones (excluding diaryl/α,β-unsaturated/α-hetero) is 1. The van der Waals surface area contributed by atoms with E-state index in [1.807, 2.05) is 6.92 Å². The van der Waals surface area contributed by atoms with Crippen LogP contribution in [-0.4, -0.2) is 113 Å². The van der Waals surface area contributed by atoms with Crippen LogP contribution in [0.5, 0.6) is 0 Å². The van der Waals surface area contributed by atoms with Crippen LogP contribution < -0.4 is 5.32 Å². The number of benzene rings is 3. The van der Waals surface area contributed by atoms with Gasteiger partial charge in [0.05, 0.1) is 29.8 Å². The molecule has 20 nitrogen and oxygen atoms in total. The highest BCUT2D eigenvalue weighted by Crippen LogP contribution is 2.66. The molecule has 2 bridgehead atoms. The standard InChI is InChI=1S/C53H60N2O18/c1-30-36(28-53(63)44(72-46(59)35-23-15-10-16-24-35)42-51(6)29-68-38(51)27-37(56)52(42,7)43(57)31(2)39(30)50(53,4)5)70-47(60)41(40(33-19-11-8-12-20-33)54-45(58)34-21-13-9-14-22-34)71-49(62)67-26-18-17-25-66-48(61)69-32(3)73-55(64)65/h8-24,31-32,36-38,40-42,44,56,63H,25-29H2,1-7H3,(H,54,58)/b18-17-/t31-,32?,36+,37+,38-,40+,41-,42?,44?,51-,52-,53-/m1/s1. The molecule has 390 valence electrons. The van der Waals surface area contributed by atoms with Gasteiger partial charge in [0.1, 0.15) is 42.8 Å². The number of ketones is 1. The molecule has 0 radical (unpaired) electrons. The van der Waals surface area contributed by atoms with E-state index in [0.717, 1.165) is 6.92 Å². The van der Waals surface area contributed by atoms with E-state index >= 15 is 9.59 Å². The van der Waals surface area contributed by atoms with Crippen molar-refractivity contribution in [1.29, 1.82) is 0 Å². The molecule has 3 aromatic carbocycles. The van der Waals surface area contributed by atoms with E-state index in [2.05, 4.69) is 14.9 Å². The van der Waals surface area contributed by atoms with Crippen molar-refractivity contribution in [2.24, 2.45) is 28.1 Å². The fourth-order valence-corrected chi connectivity index (χ4v) is 11.4. The zero-order valence-corrected chi connectivity index (χ0v) is 41.4. The van der Waals surface area contributed by atoms with Crippen molar-refractivity contribution in [1.82, 2.24) is 5.32 Å². The lowest BCUT2D eigenvalue weighted by Crippen LogP contribution is -2.77. The molecule has 12 atom stereocenters. The Morgan fingerprint density at radius 1 is 0.863 bits per heavy atom. The summed E-state index contributed by atoms with van der Waals surface area (Å²) in [6.07, 6.45) is -8.71. The zero-order chi connectivity index (χ0) is 53.0. The first-order valence-corrected chi connectivity index (χ1v) is 23.8. The minimum Gasteiger partial charge on any atom is -0.455 e. The summed E-state index contributed by atoms with van der Waals surface area (Å²) in [4.78, 5) is 98.7. The van der Waals surface area contributed by atoms with E-state index in [9.17, 15) is 39.5 Å². The number of hydrogen-bond acceptors (Lipinski definition) is 18. The van der Waals surface area contributed by atoms with Crippen molar-refractivity contribution < 1.29 is 82.1 Å². The predicted molar refractivity (Wildman–Crippen MR) is 254 cm³/mol. The molecule has 0 spiro atoms. The van der Waals surface area contributed by atoms with Crippen LogP contribution in [0.4, 0.5) is 9.59 Å². The second kappa shape index (κ2) is 21.5. The maximum absolute atomic E-state index is 15.4. The summed E-state index contributed by atoms with van der Waals surface area (Å²) < 4.78 is 39.3. The van der Waals surface area contributed by atoms with E-state index in [1.165, 1.54) is 12.2 Å². The highest BCUT2D eigenvalue weighted by atomic mass is 17.0. The quantitative estimate of drug-likeness (QED) is 0.0342. The first-order valence-electron chi connectivity index (χ1n) is 23.8. The molecule has 1 saturated heterocycles. The Labute approximate surface area is 421 Å². The Bertz CT molecular complexity index is 2630. The van der Waals surface area contributed by atoms with Crippen molar-refractivity contribution >= 4 is 35.9 Å². The van der Waals surface area contributed by atoms with Crippen LogP contribution in [0.3, 0.4) is 0 Å². The average Bonchev–Trinajstić information content (AvgIpc) is 3.35. The molecule has 3 unspecified atom stereocenters. The Kier molecular flexibility index (Phi) is 15.8. The number of carbonyl (C=O) groups excluding carboxylic acids is 6. The topological polar surface area (TPSA) is 272 Å². The molecule has 3 aliphatic carbocycles. The van der Waals surface area contributed by atoms with Gasteiger partial charge in [-0.3, -0.25) is 14.4 Å². The van der Waals surface area contributed by atoms with E-state index < -0.39 is 131 Å². The van der Waals surface area contributed by atoms with Crippen LogP contribution in [-0.2, 0) is 47.6 Å². The van der Waals surface area contributed by atoms with E-state index in [0.29, 0.717) is 16.7 Å². The monoisotopic (exact) mass is 1010 g/mol. The second-order valence-electron chi connectivity index (χ2n) is 19.7. The largest absolute Gasteiger partial charge is 0.510 e. The van der Waals surface area contributed by atoms with Gasteiger partial charge >= 0.3 is 24.2 Å². The molecule has 73 heavy (non-hydrogen) atoms. The van der Waals surface area contributed by atoms with E-state index in [4.69, 9.17) is 28.4 Å². The van der Waals surface area contributed by atoms with E-state index in [1.54, 1.807) is 126 Å². The minimum absolute atomic E-state index is 0.126. The van der Waals surface area contributed by atoms with Gasteiger partial charge in [-0.2, -0.15) is 0 Å². The van der Waals surface area contributed by atoms with Crippen LogP contribution >= 0.6 is 0 Å². The van der Waals surface area contributed by atoms with Gasteiger partial charge in [0.25, 0.3) is 11.0 Å². The van der Waals surface area contributed by atoms with Gasteiger partial charge in [-0.25, -0.2) is 19.2 Å². The van der Waals surface area contributed by atoms with Crippen LogP contribution in [0.2, 0.25) is 0 Å². The second-order valence-corrected chi connectivity index (χ2v) is 19.7. The number of nitrogens with zero attached hydrogens (tertiary/aromatic N) is 1. The van der Waals surface area contributed by atoms with Gasteiger partial charge in [-0.1, -0.05) is 94.4 Å². The Hall–Kier alpha value is -7.16. The summed E-state index contributed by atoms with van der Waals surface area (Å²) in [5.41, 5.74) is -4.53. The van der Waals surface area contributed by atoms with Gasteiger partial charge in [-0.15, -0.1) is 10.1 Å². The molecule has 3 aromatic rings. The fraction of sp³-hybridized carbons (Fsp3) is 0.472. The molecule has 0 aromatic heterocycles. The van der Waals surface area contributed by atoms with Gasteiger partial charge in [0.2, 0.25) is 12.4 Å². The average molecular weight is 1010 g/mol. The molecule has 7 rings (SSSR count). The van der Waals surface area contributed by atoms with Crippen LogP contribution in [0.15, 0.2) is 114 Å². The molecule has 20 heteroatoms. The van der Waals surface area contributed by atoms with Crippen LogP contribution in [0.25, 0.3) is 0 Å². The number of nitrogens with one attached hydrogen (secondary N) is 1. The third kappa shape index (κ3) is 10.5. The summed E-state index contributed by atoms with van der Waals surface area (Å²) in [6, 6.07) is 22.9. The van der Waals surface area contributed by atoms with Crippen LogP contribution in [0.1, 0.15) is 93.6 Å². The lowest BCUT2D eigenvalue weighted by atomic mass is 9.41. The number of aliphatic hydroxyl groups excluding tert-OH is 1. The van der Waals surface area contributed by atoms with Gasteiger partial charge < -0.3 is 48.7 Å². The molecular formula is C53H60N2O18. The Morgan fingerprint density at radius 3 is 1.99 bits per heavy atom. The van der Waals surface area contributed by atoms with Crippen molar-refractivity contribution in [2.75, 3.05) is 19.8 Å². The molecule has 1 heterocycles. The smallest absolute Gasteiger partial charge is 0.455 e. The predicted octanol–water partition coefficient (Wildman–Crippen LogP) is 6.57. The normalized spacial score (nSPS) is 29.2.